The number of piperidine rings is 1. The number of carboxylic acid groups (broad SMARTS) is 1. The van der Waals surface area contributed by atoms with Crippen LogP contribution in [0.1, 0.15) is 25.3 Å². The van der Waals surface area contributed by atoms with Crippen LogP contribution < -0.4 is 0 Å². The lowest BCUT2D eigenvalue weighted by Crippen LogP contribution is -2.48. The molecule has 0 atom stereocenters. The Labute approximate surface area is 130 Å². The molecule has 2 rings (SSSR count). The zero-order valence-electron chi connectivity index (χ0n) is 12.8. The van der Waals surface area contributed by atoms with Gasteiger partial charge in [-0.15, -0.1) is 0 Å². The van der Waals surface area contributed by atoms with Crippen molar-refractivity contribution in [1.29, 1.82) is 0 Å². The molecule has 0 unspecified atom stereocenters. The van der Waals surface area contributed by atoms with Crippen LogP contribution in [0.5, 0.6) is 0 Å². The molecule has 0 bridgehead atoms. The van der Waals surface area contributed by atoms with Crippen LogP contribution in [0.3, 0.4) is 0 Å². The molecule has 0 spiro atoms. The Hall–Kier alpha value is -2.24. The maximum Gasteiger partial charge on any atom is 0.410 e. The number of hydrogen-bond acceptors (Lipinski definition) is 3. The molecule has 0 radical (unpaired) electrons. The summed E-state index contributed by atoms with van der Waals surface area (Å²) in [6, 6.07) is 9.60. The van der Waals surface area contributed by atoms with Crippen molar-refractivity contribution in [2.24, 2.45) is 0 Å². The van der Waals surface area contributed by atoms with Crippen LogP contribution in [0.25, 0.3) is 0 Å². The molecule has 0 aliphatic carbocycles. The van der Waals surface area contributed by atoms with Crippen molar-refractivity contribution < 1.29 is 19.4 Å². The van der Waals surface area contributed by atoms with E-state index in [2.05, 4.69) is 0 Å². The quantitative estimate of drug-likeness (QED) is 0.928. The Kier molecular flexibility index (Phi) is 5.63. The minimum Gasteiger partial charge on any atom is -0.465 e. The molecule has 1 aliphatic rings. The molecule has 1 aromatic carbocycles. The Morgan fingerprint density at radius 1 is 1.27 bits per heavy atom. The maximum absolute atomic E-state index is 12.2. The molecule has 1 heterocycles. The van der Waals surface area contributed by atoms with Crippen molar-refractivity contribution in [1.82, 2.24) is 9.80 Å². The van der Waals surface area contributed by atoms with Gasteiger partial charge in [-0.2, -0.15) is 0 Å². The van der Waals surface area contributed by atoms with Crippen LogP contribution in [0.2, 0.25) is 0 Å². The first kappa shape index (κ1) is 16.1. The van der Waals surface area contributed by atoms with E-state index in [1.54, 1.807) is 4.90 Å². The van der Waals surface area contributed by atoms with E-state index in [4.69, 9.17) is 9.84 Å². The van der Waals surface area contributed by atoms with E-state index in [1.807, 2.05) is 37.3 Å². The summed E-state index contributed by atoms with van der Waals surface area (Å²) in [5.41, 5.74) is 0.951. The fourth-order valence-electron chi connectivity index (χ4n) is 2.71. The summed E-state index contributed by atoms with van der Waals surface area (Å²) < 4.78 is 5.37. The van der Waals surface area contributed by atoms with Gasteiger partial charge in [0.05, 0.1) is 0 Å². The van der Waals surface area contributed by atoms with Gasteiger partial charge in [0, 0.05) is 25.7 Å². The van der Waals surface area contributed by atoms with Crippen molar-refractivity contribution >= 4 is 12.2 Å². The molecule has 1 saturated heterocycles. The van der Waals surface area contributed by atoms with Crippen molar-refractivity contribution in [3.05, 3.63) is 35.9 Å². The third-order valence-corrected chi connectivity index (χ3v) is 3.96. The molecular weight excluding hydrogens is 284 g/mol. The largest absolute Gasteiger partial charge is 0.465 e. The number of nitrogens with zero attached hydrogens (tertiary/aromatic N) is 2. The van der Waals surface area contributed by atoms with Crippen molar-refractivity contribution in [2.45, 2.75) is 32.4 Å². The van der Waals surface area contributed by atoms with Crippen LogP contribution in [0, 0.1) is 0 Å². The van der Waals surface area contributed by atoms with Gasteiger partial charge in [-0.05, 0) is 25.3 Å². The van der Waals surface area contributed by atoms with E-state index >= 15 is 0 Å². The summed E-state index contributed by atoms with van der Waals surface area (Å²) in [6.07, 6.45) is 0.0783. The monoisotopic (exact) mass is 306 g/mol. The lowest BCUT2D eigenvalue weighted by Gasteiger charge is -2.36. The number of carbonyl (C=O) groups excluding carboxylic acids is 1. The second-order valence-corrected chi connectivity index (χ2v) is 5.33. The maximum atomic E-state index is 12.2. The number of amides is 2. The first-order chi connectivity index (χ1) is 10.6. The lowest BCUT2D eigenvalue weighted by atomic mass is 10.0. The lowest BCUT2D eigenvalue weighted by molar-refractivity contribution is 0.0627. The fourth-order valence-corrected chi connectivity index (χ4v) is 2.71. The van der Waals surface area contributed by atoms with E-state index in [0.29, 0.717) is 32.5 Å². The molecule has 6 nitrogen and oxygen atoms in total. The second-order valence-electron chi connectivity index (χ2n) is 5.33. The normalized spacial score (nSPS) is 15.4. The van der Waals surface area contributed by atoms with Gasteiger partial charge in [0.25, 0.3) is 0 Å². The fraction of sp³-hybridized carbons (Fsp3) is 0.500. The zero-order valence-corrected chi connectivity index (χ0v) is 12.8. The molecule has 1 N–H and O–H groups in total. The van der Waals surface area contributed by atoms with Crippen LogP contribution in [-0.2, 0) is 11.3 Å². The summed E-state index contributed by atoms with van der Waals surface area (Å²) in [7, 11) is 0. The zero-order chi connectivity index (χ0) is 15.9. The van der Waals surface area contributed by atoms with Crippen LogP contribution in [0.4, 0.5) is 9.59 Å². The molecule has 1 aliphatic heterocycles. The van der Waals surface area contributed by atoms with Crippen LogP contribution in [-0.4, -0.2) is 52.8 Å². The third-order valence-electron chi connectivity index (χ3n) is 3.96. The van der Waals surface area contributed by atoms with Gasteiger partial charge in [0.2, 0.25) is 0 Å². The number of benzene rings is 1. The van der Waals surface area contributed by atoms with Gasteiger partial charge in [-0.3, -0.25) is 0 Å². The van der Waals surface area contributed by atoms with Crippen molar-refractivity contribution in [3.8, 4) is 0 Å². The molecule has 1 fully saturated rings. The number of ether oxygens (including phenoxy) is 1. The average Bonchev–Trinajstić information content (AvgIpc) is 2.55. The Balaban J connectivity index is 1.85. The molecule has 120 valence electrons. The highest BCUT2D eigenvalue weighted by atomic mass is 16.6. The standard InChI is InChI=1S/C16H22N2O4/c1-2-18(14-8-10-17(11-9-14)15(19)20)16(21)22-12-13-6-4-3-5-7-13/h3-7,14H,2,8-12H2,1H3,(H,19,20). The van der Waals surface area contributed by atoms with E-state index in [9.17, 15) is 9.59 Å². The number of carbonyl (C=O) groups is 2. The predicted molar refractivity (Wildman–Crippen MR) is 81.6 cm³/mol. The topological polar surface area (TPSA) is 70.1 Å². The minimum absolute atomic E-state index is 0.0453. The Morgan fingerprint density at radius 3 is 2.45 bits per heavy atom. The smallest absolute Gasteiger partial charge is 0.410 e. The summed E-state index contributed by atoms with van der Waals surface area (Å²) in [5.74, 6) is 0. The predicted octanol–water partition coefficient (Wildman–Crippen LogP) is 2.79. The van der Waals surface area contributed by atoms with Crippen LogP contribution >= 0.6 is 0 Å². The highest BCUT2D eigenvalue weighted by Crippen LogP contribution is 2.18. The number of rotatable bonds is 4. The molecule has 0 aromatic heterocycles. The number of hydrogen-bond donors (Lipinski definition) is 1. The van der Waals surface area contributed by atoms with E-state index in [1.165, 1.54) is 4.90 Å². The number of likely N-dealkylation sites (tertiary alicyclic amines) is 1. The second kappa shape index (κ2) is 7.68. The van der Waals surface area contributed by atoms with Gasteiger partial charge < -0.3 is 19.6 Å². The van der Waals surface area contributed by atoms with Gasteiger partial charge in [-0.1, -0.05) is 30.3 Å². The van der Waals surface area contributed by atoms with Gasteiger partial charge in [0.1, 0.15) is 6.61 Å². The summed E-state index contributed by atoms with van der Waals surface area (Å²) in [4.78, 5) is 26.2. The molecular formula is C16H22N2O4. The third kappa shape index (κ3) is 4.13. The average molecular weight is 306 g/mol. The van der Waals surface area contributed by atoms with E-state index in [0.717, 1.165) is 5.56 Å². The minimum atomic E-state index is -0.895. The molecule has 22 heavy (non-hydrogen) atoms. The van der Waals surface area contributed by atoms with Crippen LogP contribution in [0.15, 0.2) is 30.3 Å². The highest BCUT2D eigenvalue weighted by Gasteiger charge is 2.29. The SMILES string of the molecule is CCN(C(=O)OCc1ccccc1)C1CCN(C(=O)O)CC1. The summed E-state index contributed by atoms with van der Waals surface area (Å²) >= 11 is 0. The first-order valence-electron chi connectivity index (χ1n) is 7.57. The van der Waals surface area contributed by atoms with Gasteiger partial charge >= 0.3 is 12.2 Å². The highest BCUT2D eigenvalue weighted by molar-refractivity contribution is 5.68. The Bertz CT molecular complexity index is 498. The molecule has 1 aromatic rings. The van der Waals surface area contributed by atoms with Crippen molar-refractivity contribution in [3.63, 3.8) is 0 Å². The van der Waals surface area contributed by atoms with E-state index in [-0.39, 0.29) is 18.7 Å². The summed E-state index contributed by atoms with van der Waals surface area (Å²) in [5, 5.41) is 8.96. The first-order valence-corrected chi connectivity index (χ1v) is 7.57. The van der Waals surface area contributed by atoms with Gasteiger partial charge in [0.15, 0.2) is 0 Å². The Morgan fingerprint density at radius 2 is 1.91 bits per heavy atom. The summed E-state index contributed by atoms with van der Waals surface area (Å²) in [6.45, 7) is 3.65. The molecule has 0 saturated carbocycles. The molecule has 2 amide bonds. The van der Waals surface area contributed by atoms with Crippen molar-refractivity contribution in [2.75, 3.05) is 19.6 Å². The van der Waals surface area contributed by atoms with Gasteiger partial charge in [-0.25, -0.2) is 9.59 Å². The van der Waals surface area contributed by atoms with E-state index < -0.39 is 6.09 Å². The molecule has 6 heteroatoms.